The van der Waals surface area contributed by atoms with E-state index < -0.39 is 5.97 Å². The summed E-state index contributed by atoms with van der Waals surface area (Å²) in [5.41, 5.74) is 0.221. The fourth-order valence-electron chi connectivity index (χ4n) is 3.52. The smallest absolute Gasteiger partial charge is 0.337 e. The Morgan fingerprint density at radius 1 is 1.35 bits per heavy atom. The quantitative estimate of drug-likeness (QED) is 0.820. The molecule has 1 aliphatic heterocycles. The number of imidazole rings is 1. The van der Waals surface area contributed by atoms with Gasteiger partial charge in [0.1, 0.15) is 11.6 Å². The minimum atomic E-state index is -0.944. The number of carboxylic acid groups (broad SMARTS) is 1. The Kier molecular flexibility index (Phi) is 5.88. The van der Waals surface area contributed by atoms with Crippen LogP contribution < -0.4 is 4.90 Å². The van der Waals surface area contributed by atoms with Gasteiger partial charge in [0, 0.05) is 44.1 Å². The van der Waals surface area contributed by atoms with E-state index in [1.54, 1.807) is 12.1 Å². The molecule has 0 amide bonds. The second kappa shape index (κ2) is 8.31. The summed E-state index contributed by atoms with van der Waals surface area (Å²) in [6.45, 7) is 3.85. The van der Waals surface area contributed by atoms with E-state index >= 15 is 0 Å². The zero-order chi connectivity index (χ0) is 18.5. The molecule has 26 heavy (non-hydrogen) atoms. The third-order valence-electron chi connectivity index (χ3n) is 4.86. The molecule has 7 nitrogen and oxygen atoms in total. The number of piperidine rings is 1. The fraction of sp³-hybridized carbons (Fsp3) is 0.526. The lowest BCUT2D eigenvalue weighted by Gasteiger charge is -2.33. The first-order valence-electron chi connectivity index (χ1n) is 9.14. The van der Waals surface area contributed by atoms with Gasteiger partial charge in [-0.2, -0.15) is 0 Å². The zero-order valence-electron chi connectivity index (χ0n) is 15.5. The van der Waals surface area contributed by atoms with E-state index in [1.165, 1.54) is 6.20 Å². The summed E-state index contributed by atoms with van der Waals surface area (Å²) >= 11 is 0. The number of nitrogens with zero attached hydrogens (tertiary/aromatic N) is 5. The Morgan fingerprint density at radius 2 is 2.19 bits per heavy atom. The van der Waals surface area contributed by atoms with Crippen molar-refractivity contribution in [3.63, 3.8) is 0 Å². The summed E-state index contributed by atoms with van der Waals surface area (Å²) in [6.07, 6.45) is 8.70. The predicted molar refractivity (Wildman–Crippen MR) is 101 cm³/mol. The molecule has 2 aromatic heterocycles. The van der Waals surface area contributed by atoms with Crippen molar-refractivity contribution in [2.24, 2.45) is 0 Å². The molecule has 1 aliphatic rings. The van der Waals surface area contributed by atoms with Crippen LogP contribution in [0.3, 0.4) is 0 Å². The zero-order valence-corrected chi connectivity index (χ0v) is 15.5. The molecule has 0 bridgehead atoms. The molecule has 1 fully saturated rings. The number of carbonyl (C=O) groups is 1. The number of pyridine rings is 1. The minimum absolute atomic E-state index is 0.221. The van der Waals surface area contributed by atoms with E-state index in [2.05, 4.69) is 44.6 Å². The van der Waals surface area contributed by atoms with Crippen LogP contribution in [0.2, 0.25) is 0 Å². The molecule has 3 heterocycles. The number of rotatable bonds is 7. The van der Waals surface area contributed by atoms with E-state index in [4.69, 9.17) is 5.11 Å². The van der Waals surface area contributed by atoms with Gasteiger partial charge in [-0.05, 0) is 52.0 Å². The van der Waals surface area contributed by atoms with Crippen molar-refractivity contribution in [3.05, 3.63) is 42.1 Å². The minimum Gasteiger partial charge on any atom is -0.478 e. The predicted octanol–water partition coefficient (Wildman–Crippen LogP) is 2.31. The van der Waals surface area contributed by atoms with Crippen molar-refractivity contribution in [1.82, 2.24) is 19.4 Å². The van der Waals surface area contributed by atoms with Gasteiger partial charge in [0.2, 0.25) is 0 Å². The lowest BCUT2D eigenvalue weighted by atomic mass is 9.97. The maximum atomic E-state index is 11.0. The molecule has 0 radical (unpaired) electrons. The first-order chi connectivity index (χ1) is 12.5. The highest BCUT2D eigenvalue weighted by Gasteiger charge is 2.25. The lowest BCUT2D eigenvalue weighted by Crippen LogP contribution is -2.36. The summed E-state index contributed by atoms with van der Waals surface area (Å²) in [7, 11) is 4.19. The van der Waals surface area contributed by atoms with Gasteiger partial charge in [0.15, 0.2) is 0 Å². The topological polar surface area (TPSA) is 74.5 Å². The van der Waals surface area contributed by atoms with Crippen LogP contribution in [0, 0.1) is 0 Å². The van der Waals surface area contributed by atoms with Gasteiger partial charge in [-0.3, -0.25) is 0 Å². The molecule has 140 valence electrons. The number of aromatic nitrogens is 3. The molecule has 7 heteroatoms. The normalized spacial score (nSPS) is 17.7. The van der Waals surface area contributed by atoms with Crippen molar-refractivity contribution < 1.29 is 9.90 Å². The third-order valence-corrected chi connectivity index (χ3v) is 4.86. The Balaban J connectivity index is 1.67. The molecule has 1 N–H and O–H groups in total. The largest absolute Gasteiger partial charge is 0.478 e. The van der Waals surface area contributed by atoms with Crippen LogP contribution in [0.5, 0.6) is 0 Å². The van der Waals surface area contributed by atoms with Gasteiger partial charge >= 0.3 is 5.97 Å². The van der Waals surface area contributed by atoms with Crippen LogP contribution in [0.1, 0.15) is 41.4 Å². The highest BCUT2D eigenvalue weighted by atomic mass is 16.4. The summed E-state index contributed by atoms with van der Waals surface area (Å²) < 4.78 is 2.28. The van der Waals surface area contributed by atoms with Crippen molar-refractivity contribution in [1.29, 1.82) is 0 Å². The number of hydrogen-bond acceptors (Lipinski definition) is 5. The molecule has 0 saturated carbocycles. The molecule has 1 saturated heterocycles. The van der Waals surface area contributed by atoms with Crippen LogP contribution in [0.25, 0.3) is 0 Å². The van der Waals surface area contributed by atoms with Crippen LogP contribution in [-0.2, 0) is 6.54 Å². The first-order valence-corrected chi connectivity index (χ1v) is 9.14. The Bertz CT molecular complexity index is 726. The van der Waals surface area contributed by atoms with Gasteiger partial charge < -0.3 is 19.5 Å². The number of aromatic carboxylic acids is 1. The SMILES string of the molecule is CN(C)CCCn1ccnc1[C@@H]1CCCN(c2ccc(C(=O)O)cn2)C1. The molecule has 0 aliphatic carbocycles. The molecule has 0 spiro atoms. The highest BCUT2D eigenvalue weighted by molar-refractivity contribution is 5.87. The van der Waals surface area contributed by atoms with Crippen molar-refractivity contribution in [3.8, 4) is 0 Å². The van der Waals surface area contributed by atoms with Crippen LogP contribution >= 0.6 is 0 Å². The Hall–Kier alpha value is -2.41. The highest BCUT2D eigenvalue weighted by Crippen LogP contribution is 2.28. The third kappa shape index (κ3) is 4.40. The van der Waals surface area contributed by atoms with Gasteiger partial charge in [-0.15, -0.1) is 0 Å². The van der Waals surface area contributed by atoms with Crippen molar-refractivity contribution in [2.75, 3.05) is 38.6 Å². The average Bonchev–Trinajstić information content (AvgIpc) is 3.10. The first kappa shape index (κ1) is 18.4. The van der Waals surface area contributed by atoms with Crippen LogP contribution in [0.15, 0.2) is 30.7 Å². The summed E-state index contributed by atoms with van der Waals surface area (Å²) in [5.74, 6) is 1.42. The number of anilines is 1. The molecular formula is C19H27N5O2. The average molecular weight is 357 g/mol. The summed E-state index contributed by atoms with van der Waals surface area (Å²) in [6, 6.07) is 3.42. The number of hydrogen-bond donors (Lipinski definition) is 1. The molecule has 1 atom stereocenters. The van der Waals surface area contributed by atoms with E-state index in [-0.39, 0.29) is 5.56 Å². The second-order valence-corrected chi connectivity index (χ2v) is 7.13. The molecule has 3 rings (SSSR count). The van der Waals surface area contributed by atoms with E-state index in [9.17, 15) is 4.79 Å². The van der Waals surface area contributed by atoms with Gasteiger partial charge in [0.25, 0.3) is 0 Å². The number of carboxylic acids is 1. The molecule has 0 unspecified atom stereocenters. The van der Waals surface area contributed by atoms with E-state index in [0.717, 1.165) is 57.1 Å². The van der Waals surface area contributed by atoms with Gasteiger partial charge in [-0.25, -0.2) is 14.8 Å². The van der Waals surface area contributed by atoms with Gasteiger partial charge in [-0.1, -0.05) is 0 Å². The summed E-state index contributed by atoms with van der Waals surface area (Å²) in [5, 5.41) is 9.02. The molecular weight excluding hydrogens is 330 g/mol. The van der Waals surface area contributed by atoms with Crippen LogP contribution in [0.4, 0.5) is 5.82 Å². The fourth-order valence-corrected chi connectivity index (χ4v) is 3.52. The van der Waals surface area contributed by atoms with Crippen molar-refractivity contribution >= 4 is 11.8 Å². The van der Waals surface area contributed by atoms with E-state index in [1.807, 2.05) is 6.20 Å². The van der Waals surface area contributed by atoms with Crippen LogP contribution in [-0.4, -0.2) is 64.2 Å². The number of aryl methyl sites for hydroxylation is 1. The Labute approximate surface area is 154 Å². The molecule has 0 aromatic carbocycles. The second-order valence-electron chi connectivity index (χ2n) is 7.13. The van der Waals surface area contributed by atoms with Gasteiger partial charge in [0.05, 0.1) is 5.56 Å². The summed E-state index contributed by atoms with van der Waals surface area (Å²) in [4.78, 5) is 24.4. The lowest BCUT2D eigenvalue weighted by molar-refractivity contribution is 0.0696. The maximum absolute atomic E-state index is 11.0. The Morgan fingerprint density at radius 3 is 2.88 bits per heavy atom. The molecule has 2 aromatic rings. The van der Waals surface area contributed by atoms with Crippen molar-refractivity contribution in [2.45, 2.75) is 31.7 Å². The van der Waals surface area contributed by atoms with E-state index in [0.29, 0.717) is 5.92 Å². The monoisotopic (exact) mass is 357 g/mol. The maximum Gasteiger partial charge on any atom is 0.337 e. The standard InChI is InChI=1S/C19H27N5O2/c1-22(2)9-4-11-23-12-8-20-18(23)16-5-3-10-24(14-16)17-7-6-15(13-21-17)19(25)26/h6-8,12-13,16H,3-5,9-11,14H2,1-2H3,(H,25,26)/t16-/m1/s1.